The fourth-order valence-electron chi connectivity index (χ4n) is 2.27. The van der Waals surface area contributed by atoms with Gasteiger partial charge in [0, 0.05) is 24.5 Å². The zero-order valence-electron chi connectivity index (χ0n) is 12.1. The molecule has 1 N–H and O–H groups in total. The van der Waals surface area contributed by atoms with E-state index in [2.05, 4.69) is 36.0 Å². The van der Waals surface area contributed by atoms with Gasteiger partial charge < -0.3 is 10.2 Å². The van der Waals surface area contributed by atoms with Crippen LogP contribution in [0.3, 0.4) is 0 Å². The molecule has 0 aliphatic carbocycles. The second-order valence-corrected chi connectivity index (χ2v) is 6.14. The van der Waals surface area contributed by atoms with Gasteiger partial charge in [0.25, 0.3) is 0 Å². The molecule has 0 aromatic carbocycles. The summed E-state index contributed by atoms with van der Waals surface area (Å²) in [6.45, 7) is 10.4. The first-order valence-corrected chi connectivity index (χ1v) is 8.01. The molecule has 1 aliphatic heterocycles. The molecule has 1 aromatic heterocycles. The molecule has 1 saturated heterocycles. The van der Waals surface area contributed by atoms with E-state index in [9.17, 15) is 0 Å². The summed E-state index contributed by atoms with van der Waals surface area (Å²) in [7, 11) is 0. The number of guanidine groups is 1. The van der Waals surface area contributed by atoms with Crippen LogP contribution in [0.2, 0.25) is 0 Å². The van der Waals surface area contributed by atoms with Gasteiger partial charge in [-0.05, 0) is 32.6 Å². The number of aliphatic imine (C=N–C) groups is 1. The van der Waals surface area contributed by atoms with Crippen LogP contribution < -0.4 is 5.32 Å². The number of piperidine rings is 1. The Kier molecular flexibility index (Phi) is 5.19. The van der Waals surface area contributed by atoms with Crippen molar-refractivity contribution in [2.45, 2.75) is 40.2 Å². The third kappa shape index (κ3) is 3.93. The van der Waals surface area contributed by atoms with Gasteiger partial charge >= 0.3 is 0 Å². The van der Waals surface area contributed by atoms with Crippen molar-refractivity contribution in [1.82, 2.24) is 15.2 Å². The van der Waals surface area contributed by atoms with Gasteiger partial charge in [0.15, 0.2) is 5.96 Å². The lowest BCUT2D eigenvalue weighted by Crippen LogP contribution is -2.45. The number of thiazole rings is 1. The van der Waals surface area contributed by atoms with Crippen molar-refractivity contribution in [3.05, 3.63) is 16.1 Å². The molecule has 19 heavy (non-hydrogen) atoms. The Morgan fingerprint density at radius 1 is 1.53 bits per heavy atom. The summed E-state index contributed by atoms with van der Waals surface area (Å²) in [6.07, 6.45) is 2.54. The number of nitrogens with zero attached hydrogens (tertiary/aromatic N) is 3. The van der Waals surface area contributed by atoms with Crippen molar-refractivity contribution in [3.8, 4) is 0 Å². The Hall–Kier alpha value is -1.10. The number of likely N-dealkylation sites (tertiary alicyclic amines) is 1. The van der Waals surface area contributed by atoms with Gasteiger partial charge in [-0.3, -0.25) is 0 Å². The van der Waals surface area contributed by atoms with E-state index in [1.807, 2.05) is 5.51 Å². The standard InChI is InChI=1S/C14H24N4S/c1-4-15-14(18-7-5-11(2)6-8-18)16-9-13-12(3)17-10-19-13/h10-11H,4-9H2,1-3H3,(H,15,16). The Morgan fingerprint density at radius 2 is 2.26 bits per heavy atom. The molecule has 4 nitrogen and oxygen atoms in total. The maximum absolute atomic E-state index is 4.77. The van der Waals surface area contributed by atoms with E-state index in [0.29, 0.717) is 0 Å². The van der Waals surface area contributed by atoms with Crippen LogP contribution in [0.4, 0.5) is 0 Å². The van der Waals surface area contributed by atoms with Crippen LogP contribution in [-0.4, -0.2) is 35.5 Å². The van der Waals surface area contributed by atoms with Crippen LogP contribution in [0.25, 0.3) is 0 Å². The zero-order valence-corrected chi connectivity index (χ0v) is 13.0. The van der Waals surface area contributed by atoms with Gasteiger partial charge in [0.1, 0.15) is 0 Å². The molecule has 0 unspecified atom stereocenters. The maximum Gasteiger partial charge on any atom is 0.194 e. The van der Waals surface area contributed by atoms with E-state index in [0.717, 1.165) is 43.8 Å². The van der Waals surface area contributed by atoms with Crippen molar-refractivity contribution >= 4 is 17.3 Å². The van der Waals surface area contributed by atoms with Crippen LogP contribution in [-0.2, 0) is 6.54 Å². The molecule has 1 aliphatic rings. The Labute approximate surface area is 120 Å². The van der Waals surface area contributed by atoms with Gasteiger partial charge in [0.2, 0.25) is 0 Å². The topological polar surface area (TPSA) is 40.5 Å². The molecule has 2 rings (SSSR count). The molecule has 0 spiro atoms. The van der Waals surface area contributed by atoms with Crippen LogP contribution >= 0.6 is 11.3 Å². The van der Waals surface area contributed by atoms with E-state index in [1.54, 1.807) is 11.3 Å². The summed E-state index contributed by atoms with van der Waals surface area (Å²) in [6, 6.07) is 0. The lowest BCUT2D eigenvalue weighted by molar-refractivity contribution is 0.273. The van der Waals surface area contributed by atoms with E-state index >= 15 is 0 Å². The third-order valence-corrected chi connectivity index (χ3v) is 4.56. The number of aromatic nitrogens is 1. The number of hydrogen-bond donors (Lipinski definition) is 1. The van der Waals surface area contributed by atoms with Crippen LogP contribution in [0.1, 0.15) is 37.3 Å². The largest absolute Gasteiger partial charge is 0.357 e. The number of aryl methyl sites for hydroxylation is 1. The van der Waals surface area contributed by atoms with Gasteiger partial charge in [-0.2, -0.15) is 0 Å². The van der Waals surface area contributed by atoms with Crippen LogP contribution in [0, 0.1) is 12.8 Å². The van der Waals surface area contributed by atoms with Crippen LogP contribution in [0.5, 0.6) is 0 Å². The molecule has 1 fully saturated rings. The molecular formula is C14H24N4S. The Balaban J connectivity index is 2.00. The third-order valence-electron chi connectivity index (χ3n) is 3.64. The minimum atomic E-state index is 0.741. The molecule has 0 atom stereocenters. The quantitative estimate of drug-likeness (QED) is 0.683. The van der Waals surface area contributed by atoms with Crippen molar-refractivity contribution in [3.63, 3.8) is 0 Å². The average Bonchev–Trinajstić information content (AvgIpc) is 2.81. The van der Waals surface area contributed by atoms with Crippen LogP contribution in [0.15, 0.2) is 10.5 Å². The lowest BCUT2D eigenvalue weighted by Gasteiger charge is -2.32. The summed E-state index contributed by atoms with van der Waals surface area (Å²) in [5.41, 5.74) is 3.01. The summed E-state index contributed by atoms with van der Waals surface area (Å²) in [4.78, 5) is 12.7. The Bertz CT molecular complexity index is 419. The summed E-state index contributed by atoms with van der Waals surface area (Å²) >= 11 is 1.69. The molecule has 2 heterocycles. The molecular weight excluding hydrogens is 256 g/mol. The molecule has 0 bridgehead atoms. The molecule has 0 amide bonds. The fraction of sp³-hybridized carbons (Fsp3) is 0.714. The van der Waals surface area contributed by atoms with E-state index in [1.165, 1.54) is 17.7 Å². The smallest absolute Gasteiger partial charge is 0.194 e. The highest BCUT2D eigenvalue weighted by Gasteiger charge is 2.18. The predicted molar refractivity (Wildman–Crippen MR) is 81.6 cm³/mol. The van der Waals surface area contributed by atoms with Crippen molar-refractivity contribution in [2.24, 2.45) is 10.9 Å². The van der Waals surface area contributed by atoms with Crippen molar-refractivity contribution in [2.75, 3.05) is 19.6 Å². The van der Waals surface area contributed by atoms with E-state index < -0.39 is 0 Å². The summed E-state index contributed by atoms with van der Waals surface area (Å²) < 4.78 is 0. The molecule has 5 heteroatoms. The first kappa shape index (κ1) is 14.3. The minimum absolute atomic E-state index is 0.741. The monoisotopic (exact) mass is 280 g/mol. The first-order chi connectivity index (χ1) is 9.20. The molecule has 1 aromatic rings. The number of nitrogens with one attached hydrogen (secondary N) is 1. The highest BCUT2D eigenvalue weighted by atomic mass is 32.1. The first-order valence-electron chi connectivity index (χ1n) is 7.13. The lowest BCUT2D eigenvalue weighted by atomic mass is 10.00. The minimum Gasteiger partial charge on any atom is -0.357 e. The predicted octanol–water partition coefficient (Wildman–Crippen LogP) is 2.65. The highest BCUT2D eigenvalue weighted by molar-refractivity contribution is 7.09. The summed E-state index contributed by atoms with van der Waals surface area (Å²) in [5, 5.41) is 3.41. The van der Waals surface area contributed by atoms with Gasteiger partial charge in [-0.15, -0.1) is 11.3 Å². The van der Waals surface area contributed by atoms with Gasteiger partial charge in [-0.25, -0.2) is 9.98 Å². The summed E-state index contributed by atoms with van der Waals surface area (Å²) in [5.74, 6) is 1.91. The van der Waals surface area contributed by atoms with Gasteiger partial charge in [-0.1, -0.05) is 6.92 Å². The van der Waals surface area contributed by atoms with Crippen molar-refractivity contribution < 1.29 is 0 Å². The second-order valence-electron chi connectivity index (χ2n) is 5.20. The second kappa shape index (κ2) is 6.89. The molecule has 0 radical (unpaired) electrons. The SMILES string of the molecule is CCNC(=NCc1scnc1C)N1CCC(C)CC1. The number of rotatable bonds is 3. The molecule has 0 saturated carbocycles. The normalized spacial score (nSPS) is 17.8. The fourth-order valence-corrected chi connectivity index (χ4v) is 2.97. The Morgan fingerprint density at radius 3 is 2.84 bits per heavy atom. The van der Waals surface area contributed by atoms with E-state index in [-0.39, 0.29) is 0 Å². The zero-order chi connectivity index (χ0) is 13.7. The number of hydrogen-bond acceptors (Lipinski definition) is 3. The highest BCUT2D eigenvalue weighted by Crippen LogP contribution is 2.17. The maximum atomic E-state index is 4.77. The van der Waals surface area contributed by atoms with E-state index in [4.69, 9.17) is 4.99 Å². The van der Waals surface area contributed by atoms with Gasteiger partial charge in [0.05, 0.1) is 17.7 Å². The molecule has 106 valence electrons. The van der Waals surface area contributed by atoms with Crippen molar-refractivity contribution in [1.29, 1.82) is 0 Å². The average molecular weight is 280 g/mol.